The zero-order valence-electron chi connectivity index (χ0n) is 22.7. The van der Waals surface area contributed by atoms with E-state index in [-0.39, 0.29) is 29.8 Å². The van der Waals surface area contributed by atoms with Crippen LogP contribution in [0.15, 0.2) is 36.4 Å². The van der Waals surface area contributed by atoms with Gasteiger partial charge in [-0.15, -0.1) is 0 Å². The molecule has 0 aliphatic carbocycles. The molecule has 9 nitrogen and oxygen atoms in total. The summed E-state index contributed by atoms with van der Waals surface area (Å²) < 4.78 is 23.0. The highest BCUT2D eigenvalue weighted by Gasteiger charge is 2.40. The standard InChI is InChI=1S/C27H37N3O6Si/c1-18(36-37(6,7)27(2,3)4)14-21-16-29(26(32)35-21)23-13-12-22-25(28-23)30(24(31)17-34-22)15-19-8-10-20(33-5)11-9-19/h8-13,18,21H,14-17H2,1-7H3. The maximum absolute atomic E-state index is 12.8. The van der Waals surface area contributed by atoms with Crippen LogP contribution in [0.4, 0.5) is 16.4 Å². The van der Waals surface area contributed by atoms with Gasteiger partial charge in [0.2, 0.25) is 0 Å². The van der Waals surface area contributed by atoms with Gasteiger partial charge in [-0.2, -0.15) is 0 Å². The summed E-state index contributed by atoms with van der Waals surface area (Å²) in [6.07, 6.45) is -0.202. The van der Waals surface area contributed by atoms with Crippen LogP contribution in [0.5, 0.6) is 11.5 Å². The van der Waals surface area contributed by atoms with Crippen molar-refractivity contribution in [2.45, 2.75) is 71.0 Å². The van der Waals surface area contributed by atoms with Gasteiger partial charge in [0.15, 0.2) is 26.5 Å². The first-order valence-corrected chi connectivity index (χ1v) is 15.5. The minimum Gasteiger partial charge on any atom is -0.497 e. The van der Waals surface area contributed by atoms with Gasteiger partial charge in [0, 0.05) is 12.5 Å². The fourth-order valence-electron chi connectivity index (χ4n) is 4.22. The normalized spacial score (nSPS) is 18.8. The average Bonchev–Trinajstić information content (AvgIpc) is 3.19. The second kappa shape index (κ2) is 10.3. The molecule has 2 aliphatic rings. The van der Waals surface area contributed by atoms with Crippen LogP contribution in [0.3, 0.4) is 0 Å². The van der Waals surface area contributed by atoms with Gasteiger partial charge in [-0.05, 0) is 54.9 Å². The predicted octanol–water partition coefficient (Wildman–Crippen LogP) is 5.14. The molecule has 2 amide bonds. The first-order chi connectivity index (χ1) is 17.4. The molecule has 1 saturated heterocycles. The molecule has 2 atom stereocenters. The van der Waals surface area contributed by atoms with Crippen molar-refractivity contribution in [2.24, 2.45) is 0 Å². The van der Waals surface area contributed by atoms with Crippen LogP contribution in [0.2, 0.25) is 18.1 Å². The molecule has 2 unspecified atom stereocenters. The summed E-state index contributed by atoms with van der Waals surface area (Å²) in [5.74, 6) is 1.84. The Hall–Kier alpha value is -3.11. The van der Waals surface area contributed by atoms with Crippen molar-refractivity contribution in [1.29, 1.82) is 0 Å². The second-order valence-corrected chi connectivity index (χ2v) is 15.9. The molecule has 200 valence electrons. The largest absolute Gasteiger partial charge is 0.497 e. The topological polar surface area (TPSA) is 90.4 Å². The van der Waals surface area contributed by atoms with E-state index < -0.39 is 14.4 Å². The number of methoxy groups -OCH3 is 1. The SMILES string of the molecule is COc1ccc(CN2C(=O)COc3ccc(N4CC(CC(C)O[Si](C)(C)C(C)(C)C)OC4=O)nc32)cc1. The fraction of sp³-hybridized carbons (Fsp3) is 0.519. The van der Waals surface area contributed by atoms with Crippen LogP contribution < -0.4 is 19.3 Å². The fourth-order valence-corrected chi connectivity index (χ4v) is 5.68. The zero-order chi connectivity index (χ0) is 27.0. The Labute approximate surface area is 219 Å². The molecule has 0 bridgehead atoms. The Morgan fingerprint density at radius 3 is 2.49 bits per heavy atom. The van der Waals surface area contributed by atoms with E-state index in [1.54, 1.807) is 24.1 Å². The van der Waals surface area contributed by atoms with Gasteiger partial charge in [-0.25, -0.2) is 9.78 Å². The monoisotopic (exact) mass is 527 g/mol. The van der Waals surface area contributed by atoms with Gasteiger partial charge in [0.05, 0.1) is 20.2 Å². The Morgan fingerprint density at radius 1 is 1.14 bits per heavy atom. The van der Waals surface area contributed by atoms with Crippen molar-refractivity contribution in [3.05, 3.63) is 42.0 Å². The zero-order valence-corrected chi connectivity index (χ0v) is 23.7. The molecule has 10 heteroatoms. The molecule has 37 heavy (non-hydrogen) atoms. The summed E-state index contributed by atoms with van der Waals surface area (Å²) in [6, 6.07) is 11.0. The van der Waals surface area contributed by atoms with Gasteiger partial charge in [0.1, 0.15) is 17.7 Å². The lowest BCUT2D eigenvalue weighted by Crippen LogP contribution is -2.44. The average molecular weight is 528 g/mol. The molecule has 4 rings (SSSR count). The molecule has 1 aromatic carbocycles. The second-order valence-electron chi connectivity index (χ2n) is 11.1. The van der Waals surface area contributed by atoms with Gasteiger partial charge < -0.3 is 18.6 Å². The predicted molar refractivity (Wildman–Crippen MR) is 144 cm³/mol. The number of carbonyl (C=O) groups excluding carboxylic acids is 2. The van der Waals surface area contributed by atoms with Crippen LogP contribution in [0.25, 0.3) is 0 Å². The summed E-state index contributed by atoms with van der Waals surface area (Å²) in [5, 5.41) is 0.101. The molecule has 1 aromatic heterocycles. The van der Waals surface area contributed by atoms with E-state index in [1.807, 2.05) is 31.2 Å². The lowest BCUT2D eigenvalue weighted by molar-refractivity contribution is -0.121. The van der Waals surface area contributed by atoms with E-state index in [0.717, 1.165) is 11.3 Å². The number of amides is 2. The Balaban J connectivity index is 1.48. The quantitative estimate of drug-likeness (QED) is 0.439. The number of hydrogen-bond acceptors (Lipinski definition) is 7. The van der Waals surface area contributed by atoms with Crippen LogP contribution in [-0.4, -0.2) is 57.8 Å². The number of pyridine rings is 1. The highest BCUT2D eigenvalue weighted by Crippen LogP contribution is 2.38. The number of fused-ring (bicyclic) bond motifs is 1. The highest BCUT2D eigenvalue weighted by atomic mass is 28.4. The summed E-state index contributed by atoms with van der Waals surface area (Å²) >= 11 is 0. The van der Waals surface area contributed by atoms with E-state index in [2.05, 4.69) is 38.8 Å². The van der Waals surface area contributed by atoms with E-state index in [9.17, 15) is 9.59 Å². The van der Waals surface area contributed by atoms with Crippen molar-refractivity contribution in [1.82, 2.24) is 4.98 Å². The van der Waals surface area contributed by atoms with E-state index in [1.165, 1.54) is 4.90 Å². The van der Waals surface area contributed by atoms with Crippen molar-refractivity contribution in [3.8, 4) is 11.5 Å². The molecule has 1 fully saturated rings. The number of rotatable bonds is 8. The lowest BCUT2D eigenvalue weighted by atomic mass is 10.2. The summed E-state index contributed by atoms with van der Waals surface area (Å²) in [7, 11) is -0.322. The third-order valence-electron chi connectivity index (χ3n) is 7.28. The lowest BCUT2D eigenvalue weighted by Gasteiger charge is -2.38. The van der Waals surface area contributed by atoms with Gasteiger partial charge in [-0.1, -0.05) is 32.9 Å². The van der Waals surface area contributed by atoms with Crippen LogP contribution in [-0.2, 0) is 20.5 Å². The van der Waals surface area contributed by atoms with E-state index in [0.29, 0.717) is 36.9 Å². The third-order valence-corrected chi connectivity index (χ3v) is 11.9. The molecule has 0 radical (unpaired) electrons. The minimum absolute atomic E-state index is 0.0406. The van der Waals surface area contributed by atoms with E-state index in [4.69, 9.17) is 18.6 Å². The number of ether oxygens (including phenoxy) is 3. The number of hydrogen-bond donors (Lipinski definition) is 0. The van der Waals surface area contributed by atoms with Crippen LogP contribution >= 0.6 is 0 Å². The number of anilines is 2. The smallest absolute Gasteiger partial charge is 0.415 e. The van der Waals surface area contributed by atoms with Crippen LogP contribution in [0.1, 0.15) is 39.7 Å². The third kappa shape index (κ3) is 5.91. The Bertz CT molecular complexity index is 1150. The Kier molecular flexibility index (Phi) is 7.52. The number of carbonyl (C=O) groups is 2. The van der Waals surface area contributed by atoms with Crippen molar-refractivity contribution >= 4 is 32.0 Å². The van der Waals surface area contributed by atoms with E-state index >= 15 is 0 Å². The molecule has 2 aliphatic heterocycles. The van der Waals surface area contributed by atoms with Crippen LogP contribution in [0, 0.1) is 0 Å². The molecule has 2 aromatic rings. The van der Waals surface area contributed by atoms with Gasteiger partial charge >= 0.3 is 6.09 Å². The van der Waals surface area contributed by atoms with Crippen molar-refractivity contribution in [3.63, 3.8) is 0 Å². The molecule has 0 spiro atoms. The maximum Gasteiger partial charge on any atom is 0.415 e. The van der Waals surface area contributed by atoms with Gasteiger partial charge in [0.25, 0.3) is 5.91 Å². The number of cyclic esters (lactones) is 1. The number of benzene rings is 1. The maximum atomic E-state index is 12.8. The molecule has 3 heterocycles. The molecule has 0 N–H and O–H groups in total. The first kappa shape index (κ1) is 26.9. The van der Waals surface area contributed by atoms with Crippen molar-refractivity contribution in [2.75, 3.05) is 30.1 Å². The molecule has 0 saturated carbocycles. The van der Waals surface area contributed by atoms with Gasteiger partial charge in [-0.3, -0.25) is 14.6 Å². The summed E-state index contributed by atoms with van der Waals surface area (Å²) in [4.78, 5) is 33.3. The first-order valence-electron chi connectivity index (χ1n) is 12.6. The Morgan fingerprint density at radius 2 is 1.84 bits per heavy atom. The summed E-state index contributed by atoms with van der Waals surface area (Å²) in [5.41, 5.74) is 0.922. The molecular weight excluding hydrogens is 490 g/mol. The molecular formula is C27H37N3O6Si. The van der Waals surface area contributed by atoms with Crippen molar-refractivity contribution < 1.29 is 28.2 Å². The number of nitrogens with zero attached hydrogens (tertiary/aromatic N) is 3. The number of aromatic nitrogens is 1. The highest BCUT2D eigenvalue weighted by molar-refractivity contribution is 6.74. The summed E-state index contributed by atoms with van der Waals surface area (Å²) in [6.45, 7) is 13.7. The minimum atomic E-state index is -1.93.